The zero-order valence-electron chi connectivity index (χ0n) is 13.7. The van der Waals surface area contributed by atoms with Gasteiger partial charge in [0.2, 0.25) is 0 Å². The molecule has 1 aromatic carbocycles. The highest BCUT2D eigenvalue weighted by molar-refractivity contribution is 6.01. The average Bonchev–Trinajstić information content (AvgIpc) is 2.41. The summed E-state index contributed by atoms with van der Waals surface area (Å²) in [5.41, 5.74) is 2.86. The number of hydrogen-bond donors (Lipinski definition) is 3. The zero-order chi connectivity index (χ0) is 16.1. The molecule has 0 radical (unpaired) electrons. The minimum Gasteiger partial charge on any atom is -0.327 e. The highest BCUT2D eigenvalue weighted by Gasteiger charge is 2.22. The molecule has 1 fully saturated rings. The number of urea groups is 1. The number of quaternary nitrogens is 1. The first-order valence-corrected chi connectivity index (χ1v) is 7.95. The van der Waals surface area contributed by atoms with Crippen LogP contribution in [0, 0.1) is 19.8 Å². The first-order valence-electron chi connectivity index (χ1n) is 7.95. The first kappa shape index (κ1) is 16.5. The van der Waals surface area contributed by atoms with Gasteiger partial charge in [0, 0.05) is 11.6 Å². The molecule has 0 aliphatic carbocycles. The van der Waals surface area contributed by atoms with Crippen molar-refractivity contribution in [2.24, 2.45) is 5.92 Å². The highest BCUT2D eigenvalue weighted by Crippen LogP contribution is 2.15. The van der Waals surface area contributed by atoms with Crippen molar-refractivity contribution in [1.82, 2.24) is 5.32 Å². The number of carbonyl (C=O) groups is 2. The van der Waals surface area contributed by atoms with Crippen LogP contribution in [0.5, 0.6) is 0 Å². The van der Waals surface area contributed by atoms with Gasteiger partial charge in [0.25, 0.3) is 5.91 Å². The second-order valence-corrected chi connectivity index (χ2v) is 6.45. The summed E-state index contributed by atoms with van der Waals surface area (Å²) in [6.07, 6.45) is 2.39. The van der Waals surface area contributed by atoms with Crippen LogP contribution in [0.1, 0.15) is 30.9 Å². The topological polar surface area (TPSA) is 62.6 Å². The van der Waals surface area contributed by atoms with Crippen LogP contribution in [0.25, 0.3) is 0 Å². The molecule has 0 spiro atoms. The minimum atomic E-state index is -0.457. The summed E-state index contributed by atoms with van der Waals surface area (Å²) < 4.78 is 0. The number of amides is 3. The van der Waals surface area contributed by atoms with Crippen LogP contribution in [-0.2, 0) is 4.79 Å². The lowest BCUT2D eigenvalue weighted by atomic mass is 10.0. The summed E-state index contributed by atoms with van der Waals surface area (Å²) in [4.78, 5) is 25.1. The van der Waals surface area contributed by atoms with Crippen LogP contribution in [0.2, 0.25) is 0 Å². The predicted molar refractivity (Wildman–Crippen MR) is 87.0 cm³/mol. The van der Waals surface area contributed by atoms with Crippen molar-refractivity contribution in [3.8, 4) is 0 Å². The standard InChI is InChI=1S/C17H25N3O2/c1-12-6-7-15(14(3)9-12)18-17(22)19-16(21)11-20-8-4-5-13(2)10-20/h6-7,9,13H,4-5,8,10-11H2,1-3H3,(H2,18,19,21,22)/p+1/t13-/m1/s1. The van der Waals surface area contributed by atoms with Gasteiger partial charge in [-0.2, -0.15) is 0 Å². The molecule has 2 rings (SSSR count). The molecule has 0 aromatic heterocycles. The molecule has 3 N–H and O–H groups in total. The van der Waals surface area contributed by atoms with E-state index in [9.17, 15) is 9.59 Å². The molecule has 120 valence electrons. The number of rotatable bonds is 3. The number of anilines is 1. The number of likely N-dealkylation sites (tertiary alicyclic amines) is 1. The number of piperidine rings is 1. The number of hydrogen-bond acceptors (Lipinski definition) is 2. The van der Waals surface area contributed by atoms with Gasteiger partial charge in [-0.3, -0.25) is 10.1 Å². The second kappa shape index (κ2) is 7.40. The fraction of sp³-hybridized carbons (Fsp3) is 0.529. The SMILES string of the molecule is Cc1ccc(NC(=O)NC(=O)C[NH+]2CCC[C@@H](C)C2)c(C)c1. The van der Waals surface area contributed by atoms with E-state index >= 15 is 0 Å². The molecule has 1 aliphatic heterocycles. The average molecular weight is 304 g/mol. The number of benzene rings is 1. The molecular weight excluding hydrogens is 278 g/mol. The number of carbonyl (C=O) groups excluding carboxylic acids is 2. The molecular formula is C17H26N3O2+. The Bertz CT molecular complexity index is 557. The third-order valence-corrected chi connectivity index (χ3v) is 4.16. The molecule has 5 nitrogen and oxygen atoms in total. The maximum Gasteiger partial charge on any atom is 0.326 e. The van der Waals surface area contributed by atoms with Crippen molar-refractivity contribution in [2.75, 3.05) is 25.0 Å². The van der Waals surface area contributed by atoms with Gasteiger partial charge < -0.3 is 10.2 Å². The van der Waals surface area contributed by atoms with Crippen LogP contribution in [-0.4, -0.2) is 31.6 Å². The maximum absolute atomic E-state index is 12.0. The van der Waals surface area contributed by atoms with E-state index in [1.807, 2.05) is 32.0 Å². The normalized spacial score (nSPS) is 21.2. The van der Waals surface area contributed by atoms with Crippen molar-refractivity contribution in [3.63, 3.8) is 0 Å². The van der Waals surface area contributed by atoms with E-state index in [-0.39, 0.29) is 5.91 Å². The summed E-state index contributed by atoms with van der Waals surface area (Å²) in [6.45, 7) is 8.53. The summed E-state index contributed by atoms with van der Waals surface area (Å²) in [5.74, 6) is 0.437. The Morgan fingerprint density at radius 2 is 2.09 bits per heavy atom. The first-order chi connectivity index (χ1) is 10.4. The van der Waals surface area contributed by atoms with Crippen molar-refractivity contribution in [2.45, 2.75) is 33.6 Å². The lowest BCUT2D eigenvalue weighted by molar-refractivity contribution is -0.900. The van der Waals surface area contributed by atoms with Gasteiger partial charge in [0.05, 0.1) is 13.1 Å². The maximum atomic E-state index is 12.0. The Hall–Kier alpha value is -1.88. The van der Waals surface area contributed by atoms with Gasteiger partial charge in [0.15, 0.2) is 6.54 Å². The number of aryl methyl sites for hydroxylation is 2. The molecule has 5 heteroatoms. The van der Waals surface area contributed by atoms with E-state index in [4.69, 9.17) is 0 Å². The van der Waals surface area contributed by atoms with Gasteiger partial charge >= 0.3 is 6.03 Å². The summed E-state index contributed by atoms with van der Waals surface area (Å²) in [7, 11) is 0. The molecule has 1 heterocycles. The zero-order valence-corrected chi connectivity index (χ0v) is 13.7. The Kier molecular flexibility index (Phi) is 5.55. The molecule has 1 saturated heterocycles. The van der Waals surface area contributed by atoms with Gasteiger partial charge in [0.1, 0.15) is 0 Å². The van der Waals surface area contributed by atoms with E-state index in [1.54, 1.807) is 0 Å². The number of nitrogens with one attached hydrogen (secondary N) is 3. The second-order valence-electron chi connectivity index (χ2n) is 6.45. The third-order valence-electron chi connectivity index (χ3n) is 4.16. The lowest BCUT2D eigenvalue weighted by Gasteiger charge is -2.27. The van der Waals surface area contributed by atoms with Gasteiger partial charge in [-0.1, -0.05) is 24.6 Å². The molecule has 0 bridgehead atoms. The smallest absolute Gasteiger partial charge is 0.326 e. The van der Waals surface area contributed by atoms with E-state index < -0.39 is 6.03 Å². The summed E-state index contributed by atoms with van der Waals surface area (Å²) in [5, 5.41) is 5.16. The fourth-order valence-corrected chi connectivity index (χ4v) is 3.06. The van der Waals surface area contributed by atoms with Crippen LogP contribution in [0.15, 0.2) is 18.2 Å². The van der Waals surface area contributed by atoms with E-state index in [2.05, 4.69) is 17.6 Å². The Morgan fingerprint density at radius 3 is 2.77 bits per heavy atom. The van der Waals surface area contributed by atoms with Crippen LogP contribution < -0.4 is 15.5 Å². The van der Waals surface area contributed by atoms with E-state index in [0.29, 0.717) is 12.5 Å². The predicted octanol–water partition coefficient (Wildman–Crippen LogP) is 1.27. The summed E-state index contributed by atoms with van der Waals surface area (Å²) >= 11 is 0. The van der Waals surface area contributed by atoms with E-state index in [0.717, 1.165) is 36.3 Å². The Balaban J connectivity index is 1.82. The van der Waals surface area contributed by atoms with Crippen molar-refractivity contribution < 1.29 is 14.5 Å². The molecule has 1 aromatic rings. The Labute approximate surface area is 132 Å². The fourth-order valence-electron chi connectivity index (χ4n) is 3.06. The van der Waals surface area contributed by atoms with Crippen LogP contribution >= 0.6 is 0 Å². The molecule has 0 saturated carbocycles. The van der Waals surface area contributed by atoms with Gasteiger partial charge in [-0.15, -0.1) is 0 Å². The van der Waals surface area contributed by atoms with E-state index in [1.165, 1.54) is 11.3 Å². The number of imide groups is 1. The van der Waals surface area contributed by atoms with Gasteiger partial charge in [-0.25, -0.2) is 4.79 Å². The van der Waals surface area contributed by atoms with Crippen molar-refractivity contribution >= 4 is 17.6 Å². The lowest BCUT2D eigenvalue weighted by Crippen LogP contribution is -3.14. The minimum absolute atomic E-state index is 0.216. The molecule has 1 unspecified atom stereocenters. The van der Waals surface area contributed by atoms with Crippen LogP contribution in [0.4, 0.5) is 10.5 Å². The molecule has 3 amide bonds. The quantitative estimate of drug-likeness (QED) is 0.787. The largest absolute Gasteiger partial charge is 0.327 e. The Morgan fingerprint density at radius 1 is 1.32 bits per heavy atom. The molecule has 22 heavy (non-hydrogen) atoms. The van der Waals surface area contributed by atoms with Crippen molar-refractivity contribution in [1.29, 1.82) is 0 Å². The third kappa shape index (κ3) is 4.84. The monoisotopic (exact) mass is 304 g/mol. The van der Waals surface area contributed by atoms with Gasteiger partial charge in [-0.05, 0) is 38.3 Å². The molecule has 2 atom stereocenters. The van der Waals surface area contributed by atoms with Crippen molar-refractivity contribution in [3.05, 3.63) is 29.3 Å². The summed E-state index contributed by atoms with van der Waals surface area (Å²) in [6, 6.07) is 5.33. The van der Waals surface area contributed by atoms with Crippen LogP contribution in [0.3, 0.4) is 0 Å². The molecule has 1 aliphatic rings. The highest BCUT2D eigenvalue weighted by atomic mass is 16.2.